The Balaban J connectivity index is 1.58. The SMILES string of the molecule is CN=C(NCc1cccc(OCc2ccccn2)c1)N(C)Cc1cn(C)nc1C(C)C. The highest BCUT2D eigenvalue weighted by Crippen LogP contribution is 2.19. The van der Waals surface area contributed by atoms with E-state index in [1.165, 1.54) is 5.56 Å². The molecule has 0 spiro atoms. The lowest BCUT2D eigenvalue weighted by molar-refractivity contribution is 0.301. The smallest absolute Gasteiger partial charge is 0.193 e. The molecule has 0 bridgehead atoms. The fraction of sp³-hybridized carbons (Fsp3) is 0.375. The monoisotopic (exact) mass is 420 g/mol. The Kier molecular flexibility index (Phi) is 7.65. The first-order valence-corrected chi connectivity index (χ1v) is 10.5. The zero-order valence-electron chi connectivity index (χ0n) is 19.0. The third-order valence-corrected chi connectivity index (χ3v) is 4.93. The molecule has 7 heteroatoms. The van der Waals surface area contributed by atoms with E-state index < -0.39 is 0 Å². The van der Waals surface area contributed by atoms with Gasteiger partial charge in [0.25, 0.3) is 0 Å². The summed E-state index contributed by atoms with van der Waals surface area (Å²) in [5.41, 5.74) is 4.37. The fourth-order valence-electron chi connectivity index (χ4n) is 3.45. The van der Waals surface area contributed by atoms with Gasteiger partial charge in [0.2, 0.25) is 0 Å². The van der Waals surface area contributed by atoms with E-state index in [9.17, 15) is 0 Å². The maximum absolute atomic E-state index is 5.89. The average molecular weight is 421 g/mol. The first-order chi connectivity index (χ1) is 15.0. The van der Waals surface area contributed by atoms with Crippen LogP contribution < -0.4 is 10.1 Å². The summed E-state index contributed by atoms with van der Waals surface area (Å²) in [6.07, 6.45) is 3.86. The van der Waals surface area contributed by atoms with Crippen LogP contribution in [0.3, 0.4) is 0 Å². The number of nitrogens with zero attached hydrogens (tertiary/aromatic N) is 5. The number of aliphatic imine (C=N–C) groups is 1. The van der Waals surface area contributed by atoms with Gasteiger partial charge in [0.15, 0.2) is 5.96 Å². The van der Waals surface area contributed by atoms with E-state index in [0.29, 0.717) is 19.1 Å². The number of aromatic nitrogens is 3. The summed E-state index contributed by atoms with van der Waals surface area (Å²) in [7, 11) is 5.81. The maximum Gasteiger partial charge on any atom is 0.193 e. The molecule has 31 heavy (non-hydrogen) atoms. The van der Waals surface area contributed by atoms with Gasteiger partial charge in [0.1, 0.15) is 12.4 Å². The molecular formula is C24H32N6O. The lowest BCUT2D eigenvalue weighted by Crippen LogP contribution is -2.38. The second kappa shape index (κ2) is 10.6. The van der Waals surface area contributed by atoms with Gasteiger partial charge in [-0.05, 0) is 35.7 Å². The Labute approximate surface area is 184 Å². The Hall–Kier alpha value is -3.35. The minimum Gasteiger partial charge on any atom is -0.487 e. The van der Waals surface area contributed by atoms with E-state index in [-0.39, 0.29) is 0 Å². The molecule has 1 aromatic carbocycles. The molecule has 0 saturated heterocycles. The molecule has 0 fully saturated rings. The van der Waals surface area contributed by atoms with Gasteiger partial charge in [-0.15, -0.1) is 0 Å². The van der Waals surface area contributed by atoms with E-state index in [1.54, 1.807) is 13.2 Å². The third-order valence-electron chi connectivity index (χ3n) is 4.93. The summed E-state index contributed by atoms with van der Waals surface area (Å²) < 4.78 is 7.77. The van der Waals surface area contributed by atoms with Crippen LogP contribution in [0.5, 0.6) is 5.75 Å². The van der Waals surface area contributed by atoms with Crippen molar-refractivity contribution < 1.29 is 4.74 Å². The third kappa shape index (κ3) is 6.31. The van der Waals surface area contributed by atoms with Crippen LogP contribution in [0.1, 0.15) is 42.3 Å². The zero-order valence-corrected chi connectivity index (χ0v) is 19.0. The van der Waals surface area contributed by atoms with Gasteiger partial charge in [0, 0.05) is 52.2 Å². The highest BCUT2D eigenvalue weighted by molar-refractivity contribution is 5.79. The molecule has 7 nitrogen and oxygen atoms in total. The largest absolute Gasteiger partial charge is 0.487 e. The zero-order chi connectivity index (χ0) is 22.2. The molecule has 3 aromatic rings. The molecule has 3 rings (SSSR count). The van der Waals surface area contributed by atoms with Crippen LogP contribution in [0.2, 0.25) is 0 Å². The first-order valence-electron chi connectivity index (χ1n) is 10.5. The van der Waals surface area contributed by atoms with E-state index in [1.807, 2.05) is 55.2 Å². The van der Waals surface area contributed by atoms with Gasteiger partial charge in [-0.25, -0.2) is 0 Å². The number of hydrogen-bond acceptors (Lipinski definition) is 4. The Morgan fingerprint density at radius 1 is 1.23 bits per heavy atom. The highest BCUT2D eigenvalue weighted by atomic mass is 16.5. The Morgan fingerprint density at radius 3 is 2.77 bits per heavy atom. The van der Waals surface area contributed by atoms with Gasteiger partial charge in [-0.1, -0.05) is 32.0 Å². The van der Waals surface area contributed by atoms with Gasteiger partial charge in [-0.3, -0.25) is 14.7 Å². The highest BCUT2D eigenvalue weighted by Gasteiger charge is 2.15. The van der Waals surface area contributed by atoms with Gasteiger partial charge >= 0.3 is 0 Å². The van der Waals surface area contributed by atoms with Gasteiger partial charge in [-0.2, -0.15) is 5.10 Å². The van der Waals surface area contributed by atoms with Crippen molar-refractivity contribution >= 4 is 5.96 Å². The lowest BCUT2D eigenvalue weighted by Gasteiger charge is -2.22. The molecule has 2 aromatic heterocycles. The number of aryl methyl sites for hydroxylation is 1. The van der Waals surface area contributed by atoms with Crippen molar-refractivity contribution in [3.63, 3.8) is 0 Å². The molecule has 0 radical (unpaired) electrons. The van der Waals surface area contributed by atoms with E-state index in [2.05, 4.69) is 51.4 Å². The molecule has 0 aliphatic carbocycles. The van der Waals surface area contributed by atoms with Gasteiger partial charge in [0.05, 0.1) is 11.4 Å². The Morgan fingerprint density at radius 2 is 2.06 bits per heavy atom. The molecule has 1 N–H and O–H groups in total. The molecule has 0 aliphatic rings. The van der Waals surface area contributed by atoms with Crippen LogP contribution in [0, 0.1) is 0 Å². The molecule has 0 aliphatic heterocycles. The van der Waals surface area contributed by atoms with Crippen LogP contribution >= 0.6 is 0 Å². The van der Waals surface area contributed by atoms with Crippen molar-refractivity contribution in [2.24, 2.45) is 12.0 Å². The van der Waals surface area contributed by atoms with Crippen molar-refractivity contribution in [1.82, 2.24) is 25.0 Å². The molecule has 0 saturated carbocycles. The molecular weight excluding hydrogens is 388 g/mol. The maximum atomic E-state index is 5.89. The van der Waals surface area contributed by atoms with E-state index >= 15 is 0 Å². The second-order valence-electron chi connectivity index (χ2n) is 7.88. The summed E-state index contributed by atoms with van der Waals surface area (Å²) in [4.78, 5) is 10.9. The van der Waals surface area contributed by atoms with Crippen molar-refractivity contribution in [3.05, 3.63) is 77.4 Å². The fourth-order valence-corrected chi connectivity index (χ4v) is 3.45. The molecule has 0 atom stereocenters. The van der Waals surface area contributed by atoms with Crippen LogP contribution in [0.25, 0.3) is 0 Å². The van der Waals surface area contributed by atoms with Crippen molar-refractivity contribution in [1.29, 1.82) is 0 Å². The predicted molar refractivity (Wildman–Crippen MR) is 124 cm³/mol. The van der Waals surface area contributed by atoms with Crippen LogP contribution in [-0.2, 0) is 26.7 Å². The van der Waals surface area contributed by atoms with Crippen molar-refractivity contribution in [2.75, 3.05) is 14.1 Å². The lowest BCUT2D eigenvalue weighted by atomic mass is 10.1. The quantitative estimate of drug-likeness (QED) is 0.444. The number of rotatable bonds is 8. The second-order valence-corrected chi connectivity index (χ2v) is 7.88. The molecule has 2 heterocycles. The number of pyridine rings is 1. The van der Waals surface area contributed by atoms with E-state index in [4.69, 9.17) is 4.74 Å². The van der Waals surface area contributed by atoms with E-state index in [0.717, 1.165) is 35.2 Å². The van der Waals surface area contributed by atoms with Crippen molar-refractivity contribution in [3.8, 4) is 5.75 Å². The summed E-state index contributed by atoms with van der Waals surface area (Å²) in [5, 5.41) is 8.05. The molecule has 0 amide bonds. The van der Waals surface area contributed by atoms with Gasteiger partial charge < -0.3 is 15.0 Å². The molecule has 0 unspecified atom stereocenters. The number of benzene rings is 1. The van der Waals surface area contributed by atoms with Crippen LogP contribution in [0.15, 0.2) is 59.9 Å². The summed E-state index contributed by atoms with van der Waals surface area (Å²) >= 11 is 0. The Bertz CT molecular complexity index is 996. The van der Waals surface area contributed by atoms with Crippen LogP contribution in [0.4, 0.5) is 0 Å². The normalized spacial score (nSPS) is 11.6. The number of nitrogens with one attached hydrogen (secondary N) is 1. The number of hydrogen-bond donors (Lipinski definition) is 1. The van der Waals surface area contributed by atoms with Crippen LogP contribution in [-0.4, -0.2) is 39.7 Å². The average Bonchev–Trinajstić information content (AvgIpc) is 3.14. The summed E-state index contributed by atoms with van der Waals surface area (Å²) in [6.45, 7) is 6.19. The first kappa shape index (κ1) is 22.3. The molecule has 164 valence electrons. The topological polar surface area (TPSA) is 67.6 Å². The predicted octanol–water partition coefficient (Wildman–Crippen LogP) is 3.72. The van der Waals surface area contributed by atoms with Crippen molar-refractivity contribution in [2.45, 2.75) is 39.5 Å². The standard InChI is InChI=1S/C24H32N6O/c1-18(2)23-20(16-30(5)28-23)15-29(4)24(25-3)27-14-19-9-8-11-22(13-19)31-17-21-10-6-7-12-26-21/h6-13,16,18H,14-15,17H2,1-5H3,(H,25,27). The minimum atomic E-state index is 0.383. The minimum absolute atomic E-state index is 0.383. The number of ether oxygens (including phenoxy) is 1. The summed E-state index contributed by atoms with van der Waals surface area (Å²) in [5.74, 6) is 2.04. The number of guanidine groups is 1. The summed E-state index contributed by atoms with van der Waals surface area (Å²) in [6, 6.07) is 13.9.